The molecule has 6 nitrogen and oxygen atoms in total. The maximum atomic E-state index is 11.9. The fourth-order valence-electron chi connectivity index (χ4n) is 3.03. The number of imidazole rings is 1. The van der Waals surface area contributed by atoms with Crippen LogP contribution in [0.4, 0.5) is 4.79 Å². The summed E-state index contributed by atoms with van der Waals surface area (Å²) in [4.78, 5) is 31.4. The Morgan fingerprint density at radius 1 is 1.29 bits per heavy atom. The number of para-hydroxylation sites is 2. The average molecular weight is 346 g/mol. The Morgan fingerprint density at radius 2 is 2.08 bits per heavy atom. The summed E-state index contributed by atoms with van der Waals surface area (Å²) in [6.45, 7) is 2.14. The molecule has 1 saturated carbocycles. The van der Waals surface area contributed by atoms with E-state index in [0.717, 1.165) is 30.3 Å². The Bertz CT molecular complexity index is 697. The first kappa shape index (κ1) is 16.8. The Balaban J connectivity index is 1.45. The molecule has 24 heavy (non-hydrogen) atoms. The van der Waals surface area contributed by atoms with Crippen LogP contribution in [0.25, 0.3) is 11.0 Å². The lowest BCUT2D eigenvalue weighted by atomic mass is 9.86. The van der Waals surface area contributed by atoms with Crippen molar-refractivity contribution in [1.82, 2.24) is 20.6 Å². The van der Waals surface area contributed by atoms with Crippen LogP contribution in [0.5, 0.6) is 0 Å². The molecule has 1 heterocycles. The van der Waals surface area contributed by atoms with E-state index in [1.807, 2.05) is 24.3 Å². The number of benzene rings is 1. The first-order valence-electron chi connectivity index (χ1n) is 8.30. The normalized spacial score (nSPS) is 20.7. The minimum atomic E-state index is -0.399. The van der Waals surface area contributed by atoms with Gasteiger partial charge in [0.2, 0.25) is 5.91 Å². The summed E-state index contributed by atoms with van der Waals surface area (Å²) in [6.07, 6.45) is 4.45. The van der Waals surface area contributed by atoms with Crippen molar-refractivity contribution >= 4 is 34.7 Å². The highest BCUT2D eigenvalue weighted by Crippen LogP contribution is 2.23. The van der Waals surface area contributed by atoms with E-state index in [1.54, 1.807) is 0 Å². The van der Waals surface area contributed by atoms with Gasteiger partial charge in [-0.1, -0.05) is 43.7 Å². The third-order valence-electron chi connectivity index (χ3n) is 4.39. The number of carbonyl (C=O) groups excluding carboxylic acids is 2. The zero-order chi connectivity index (χ0) is 16.9. The van der Waals surface area contributed by atoms with Crippen LogP contribution >= 0.6 is 11.8 Å². The van der Waals surface area contributed by atoms with E-state index in [4.69, 9.17) is 0 Å². The lowest BCUT2D eigenvalue weighted by molar-refractivity contribution is -0.117. The van der Waals surface area contributed by atoms with Gasteiger partial charge >= 0.3 is 6.03 Å². The molecule has 1 fully saturated rings. The molecule has 0 bridgehead atoms. The van der Waals surface area contributed by atoms with Crippen LogP contribution in [0.15, 0.2) is 29.4 Å². The lowest BCUT2D eigenvalue weighted by Crippen LogP contribution is -2.48. The number of hydrogen-bond donors (Lipinski definition) is 3. The predicted octanol–water partition coefficient (Wildman–Crippen LogP) is 3.06. The summed E-state index contributed by atoms with van der Waals surface area (Å²) in [5.74, 6) is 0.291. The lowest BCUT2D eigenvalue weighted by Gasteiger charge is -2.29. The van der Waals surface area contributed by atoms with Gasteiger partial charge in [-0.05, 0) is 30.9 Å². The number of nitrogens with zero attached hydrogens (tertiary/aromatic N) is 1. The number of amides is 3. The van der Waals surface area contributed by atoms with Gasteiger partial charge in [0.1, 0.15) is 0 Å². The third-order valence-corrected chi connectivity index (χ3v) is 5.26. The number of thioether (sulfide) groups is 1. The van der Waals surface area contributed by atoms with Crippen LogP contribution in [0.1, 0.15) is 32.6 Å². The second-order valence-electron chi connectivity index (χ2n) is 6.24. The predicted molar refractivity (Wildman–Crippen MR) is 94.9 cm³/mol. The zero-order valence-electron chi connectivity index (χ0n) is 13.7. The fourth-order valence-corrected chi connectivity index (χ4v) is 3.71. The van der Waals surface area contributed by atoms with Gasteiger partial charge in [-0.25, -0.2) is 9.78 Å². The van der Waals surface area contributed by atoms with Crippen molar-refractivity contribution in [3.63, 3.8) is 0 Å². The molecular weight excluding hydrogens is 324 g/mol. The number of H-pyrrole nitrogens is 1. The van der Waals surface area contributed by atoms with E-state index in [2.05, 4.69) is 27.5 Å². The molecule has 3 rings (SSSR count). The highest BCUT2D eigenvalue weighted by Gasteiger charge is 2.23. The Morgan fingerprint density at radius 3 is 2.88 bits per heavy atom. The summed E-state index contributed by atoms with van der Waals surface area (Å²) in [7, 11) is 0. The van der Waals surface area contributed by atoms with Gasteiger partial charge in [0.15, 0.2) is 5.16 Å². The second kappa shape index (κ2) is 7.70. The number of aromatic amines is 1. The number of nitrogens with one attached hydrogen (secondary N) is 3. The van der Waals surface area contributed by atoms with Crippen molar-refractivity contribution in [2.75, 3.05) is 5.75 Å². The molecule has 1 aromatic heterocycles. The van der Waals surface area contributed by atoms with Gasteiger partial charge in [0.25, 0.3) is 0 Å². The van der Waals surface area contributed by atoms with E-state index in [-0.39, 0.29) is 17.7 Å². The van der Waals surface area contributed by atoms with Crippen molar-refractivity contribution in [1.29, 1.82) is 0 Å². The molecule has 7 heteroatoms. The van der Waals surface area contributed by atoms with Crippen LogP contribution in [0.2, 0.25) is 0 Å². The van der Waals surface area contributed by atoms with Gasteiger partial charge < -0.3 is 10.3 Å². The number of aromatic nitrogens is 2. The molecule has 2 atom stereocenters. The van der Waals surface area contributed by atoms with Gasteiger partial charge in [0.05, 0.1) is 16.8 Å². The smallest absolute Gasteiger partial charge is 0.321 e. The maximum absolute atomic E-state index is 11.9. The van der Waals surface area contributed by atoms with Crippen molar-refractivity contribution < 1.29 is 9.59 Å². The number of imide groups is 1. The Labute approximate surface area is 145 Å². The summed E-state index contributed by atoms with van der Waals surface area (Å²) >= 11 is 1.28. The third kappa shape index (κ3) is 4.29. The largest absolute Gasteiger partial charge is 0.335 e. The quantitative estimate of drug-likeness (QED) is 0.743. The van der Waals surface area contributed by atoms with Crippen LogP contribution < -0.4 is 10.6 Å². The molecule has 0 spiro atoms. The molecule has 128 valence electrons. The van der Waals surface area contributed by atoms with Gasteiger partial charge in [-0.3, -0.25) is 10.1 Å². The van der Waals surface area contributed by atoms with Crippen LogP contribution in [0.3, 0.4) is 0 Å². The second-order valence-corrected chi connectivity index (χ2v) is 7.20. The summed E-state index contributed by atoms with van der Waals surface area (Å²) < 4.78 is 0. The van der Waals surface area contributed by atoms with E-state index in [1.165, 1.54) is 18.2 Å². The fraction of sp³-hybridized carbons (Fsp3) is 0.471. The molecule has 1 aromatic carbocycles. The van der Waals surface area contributed by atoms with Crippen molar-refractivity contribution in [3.8, 4) is 0 Å². The molecule has 3 amide bonds. The van der Waals surface area contributed by atoms with E-state index >= 15 is 0 Å². The van der Waals surface area contributed by atoms with Gasteiger partial charge in [-0.2, -0.15) is 0 Å². The maximum Gasteiger partial charge on any atom is 0.321 e. The average Bonchev–Trinajstić information content (AvgIpc) is 2.98. The van der Waals surface area contributed by atoms with Crippen molar-refractivity contribution in [2.45, 2.75) is 43.8 Å². The first-order chi connectivity index (χ1) is 11.6. The molecular formula is C17H22N4O2S. The highest BCUT2D eigenvalue weighted by molar-refractivity contribution is 7.99. The molecule has 3 N–H and O–H groups in total. The molecule has 2 aromatic rings. The van der Waals surface area contributed by atoms with Crippen LogP contribution in [-0.4, -0.2) is 33.7 Å². The highest BCUT2D eigenvalue weighted by atomic mass is 32.2. The summed E-state index contributed by atoms with van der Waals surface area (Å²) in [6, 6.07) is 7.46. The van der Waals surface area contributed by atoms with E-state index < -0.39 is 6.03 Å². The zero-order valence-corrected chi connectivity index (χ0v) is 14.5. The number of rotatable bonds is 4. The first-order valence-corrected chi connectivity index (χ1v) is 9.28. The van der Waals surface area contributed by atoms with Crippen molar-refractivity contribution in [3.05, 3.63) is 24.3 Å². The van der Waals surface area contributed by atoms with Crippen LogP contribution in [-0.2, 0) is 4.79 Å². The molecule has 0 aliphatic heterocycles. The molecule has 0 radical (unpaired) electrons. The molecule has 0 saturated heterocycles. The van der Waals surface area contributed by atoms with E-state index in [0.29, 0.717) is 11.1 Å². The monoisotopic (exact) mass is 346 g/mol. The standard InChI is InChI=1S/C17H22N4O2S/c1-11-6-2-3-7-12(11)18-16(23)21-15(22)10-24-17-19-13-8-4-5-9-14(13)20-17/h4-5,8-9,11-12H,2-3,6-7,10H2,1H3,(H,19,20)(H2,18,21,22,23). The Hall–Kier alpha value is -2.02. The number of hydrogen-bond acceptors (Lipinski definition) is 4. The van der Waals surface area contributed by atoms with Gasteiger partial charge in [0, 0.05) is 6.04 Å². The number of carbonyl (C=O) groups is 2. The summed E-state index contributed by atoms with van der Waals surface area (Å²) in [5.41, 5.74) is 1.80. The number of fused-ring (bicyclic) bond motifs is 1. The number of urea groups is 1. The Kier molecular flexibility index (Phi) is 5.40. The minimum absolute atomic E-state index is 0.146. The molecule has 1 aliphatic rings. The topological polar surface area (TPSA) is 86.9 Å². The van der Waals surface area contributed by atoms with E-state index in [9.17, 15) is 9.59 Å². The molecule has 1 aliphatic carbocycles. The van der Waals surface area contributed by atoms with Gasteiger partial charge in [-0.15, -0.1) is 0 Å². The summed E-state index contributed by atoms with van der Waals surface area (Å²) in [5, 5.41) is 5.99. The van der Waals surface area contributed by atoms with Crippen molar-refractivity contribution in [2.24, 2.45) is 5.92 Å². The molecule has 2 unspecified atom stereocenters. The minimum Gasteiger partial charge on any atom is -0.335 e. The van der Waals surface area contributed by atoms with Crippen LogP contribution in [0, 0.1) is 5.92 Å². The SMILES string of the molecule is CC1CCCCC1NC(=O)NC(=O)CSc1nc2ccccc2[nH]1.